The second-order valence-corrected chi connectivity index (χ2v) is 4.13. The smallest absolute Gasteiger partial charge is 0.141 e. The van der Waals surface area contributed by atoms with Crippen LogP contribution in [0.25, 0.3) is 0 Å². The predicted molar refractivity (Wildman–Crippen MR) is 57.1 cm³/mol. The van der Waals surface area contributed by atoms with E-state index in [1.54, 1.807) is 12.4 Å². The number of aromatic nitrogens is 2. The highest BCUT2D eigenvalue weighted by atomic mass is 16.3. The highest BCUT2D eigenvalue weighted by Gasteiger charge is 2.21. The number of aliphatic hydroxyl groups is 1. The summed E-state index contributed by atoms with van der Waals surface area (Å²) < 4.78 is 0. The van der Waals surface area contributed by atoms with Gasteiger partial charge in [-0.25, -0.2) is 9.97 Å². The van der Waals surface area contributed by atoms with Crippen LogP contribution in [0.3, 0.4) is 0 Å². The van der Waals surface area contributed by atoms with Gasteiger partial charge < -0.3 is 10.4 Å². The molecule has 0 saturated heterocycles. The summed E-state index contributed by atoms with van der Waals surface area (Å²) in [4.78, 5) is 8.27. The van der Waals surface area contributed by atoms with Gasteiger partial charge in [-0.2, -0.15) is 0 Å². The molecule has 0 aromatic carbocycles. The Balaban J connectivity index is 1.67. The van der Waals surface area contributed by atoms with Crippen LogP contribution in [-0.2, 0) is 6.54 Å². The van der Waals surface area contributed by atoms with Crippen molar-refractivity contribution < 1.29 is 5.11 Å². The van der Waals surface area contributed by atoms with Gasteiger partial charge in [0, 0.05) is 12.4 Å². The molecular weight excluding hydrogens is 190 g/mol. The van der Waals surface area contributed by atoms with Gasteiger partial charge in [0.1, 0.15) is 5.82 Å². The van der Waals surface area contributed by atoms with Crippen LogP contribution in [0, 0.1) is 5.92 Å². The number of aliphatic hydroxyl groups excluding tert-OH is 1. The molecule has 1 heterocycles. The summed E-state index contributed by atoms with van der Waals surface area (Å²) in [7, 11) is 0. The predicted octanol–water partition coefficient (Wildman–Crippen LogP) is 0.727. The third-order valence-electron chi connectivity index (χ3n) is 2.85. The molecule has 1 aromatic rings. The normalized spacial score (nSPS) is 25.7. The van der Waals surface area contributed by atoms with Gasteiger partial charge in [0.25, 0.3) is 0 Å². The lowest BCUT2D eigenvalue weighted by Crippen LogP contribution is -2.22. The van der Waals surface area contributed by atoms with Gasteiger partial charge in [-0.15, -0.1) is 0 Å². The Morgan fingerprint density at radius 2 is 2.13 bits per heavy atom. The Labute approximate surface area is 89.8 Å². The highest BCUT2D eigenvalue weighted by molar-refractivity contribution is 4.88. The molecule has 1 saturated carbocycles. The molecule has 0 amide bonds. The quantitative estimate of drug-likeness (QED) is 0.764. The monoisotopic (exact) mass is 207 g/mol. The van der Waals surface area contributed by atoms with Gasteiger partial charge in [-0.1, -0.05) is 0 Å². The van der Waals surface area contributed by atoms with Crippen molar-refractivity contribution >= 4 is 0 Å². The molecule has 0 bridgehead atoms. The topological polar surface area (TPSA) is 58.0 Å². The molecule has 1 aliphatic rings. The van der Waals surface area contributed by atoms with E-state index < -0.39 is 0 Å². The first-order chi connectivity index (χ1) is 7.34. The Hall–Kier alpha value is -1.00. The zero-order valence-corrected chi connectivity index (χ0v) is 8.76. The molecular formula is C11H17N3O. The fourth-order valence-electron chi connectivity index (χ4n) is 2.04. The van der Waals surface area contributed by atoms with Crippen molar-refractivity contribution in [3.05, 3.63) is 24.3 Å². The molecule has 0 aliphatic heterocycles. The van der Waals surface area contributed by atoms with Gasteiger partial charge in [0.05, 0.1) is 12.6 Å². The van der Waals surface area contributed by atoms with E-state index in [1.807, 2.05) is 6.07 Å². The van der Waals surface area contributed by atoms with Gasteiger partial charge >= 0.3 is 0 Å². The third kappa shape index (κ3) is 3.25. The first kappa shape index (κ1) is 10.5. The summed E-state index contributed by atoms with van der Waals surface area (Å²) in [5.74, 6) is 1.44. The zero-order valence-electron chi connectivity index (χ0n) is 8.76. The summed E-state index contributed by atoms with van der Waals surface area (Å²) in [5, 5.41) is 12.7. The van der Waals surface area contributed by atoms with Crippen molar-refractivity contribution in [1.82, 2.24) is 15.3 Å². The molecule has 2 N–H and O–H groups in total. The van der Waals surface area contributed by atoms with Crippen molar-refractivity contribution in [2.75, 3.05) is 6.54 Å². The van der Waals surface area contributed by atoms with E-state index in [0.29, 0.717) is 12.5 Å². The maximum Gasteiger partial charge on any atom is 0.141 e. The molecule has 1 aromatic heterocycles. The van der Waals surface area contributed by atoms with Gasteiger partial charge in [-0.3, -0.25) is 0 Å². The largest absolute Gasteiger partial charge is 0.393 e. The fraction of sp³-hybridized carbons (Fsp3) is 0.636. The van der Waals surface area contributed by atoms with E-state index in [4.69, 9.17) is 0 Å². The van der Waals surface area contributed by atoms with Crippen LogP contribution in [0.1, 0.15) is 25.1 Å². The lowest BCUT2D eigenvalue weighted by atomic mass is 10.1. The Bertz CT molecular complexity index is 291. The molecule has 2 rings (SSSR count). The number of hydrogen-bond acceptors (Lipinski definition) is 4. The van der Waals surface area contributed by atoms with Crippen molar-refractivity contribution in [1.29, 1.82) is 0 Å². The molecule has 1 aliphatic carbocycles. The minimum absolute atomic E-state index is 0.0789. The maximum atomic E-state index is 9.36. The van der Waals surface area contributed by atoms with Gasteiger partial charge in [-0.05, 0) is 37.8 Å². The van der Waals surface area contributed by atoms with Gasteiger partial charge in [0.15, 0.2) is 0 Å². The summed E-state index contributed by atoms with van der Waals surface area (Å²) >= 11 is 0. The van der Waals surface area contributed by atoms with Crippen molar-refractivity contribution in [3.63, 3.8) is 0 Å². The molecule has 4 heteroatoms. The minimum atomic E-state index is -0.0789. The maximum absolute atomic E-state index is 9.36. The average Bonchev–Trinajstić information content (AvgIpc) is 2.66. The van der Waals surface area contributed by atoms with E-state index in [1.165, 1.54) is 0 Å². The summed E-state index contributed by atoms with van der Waals surface area (Å²) in [6.07, 6.45) is 6.44. The first-order valence-electron chi connectivity index (χ1n) is 5.49. The Morgan fingerprint density at radius 1 is 1.33 bits per heavy atom. The second-order valence-electron chi connectivity index (χ2n) is 4.13. The fourth-order valence-corrected chi connectivity index (χ4v) is 2.04. The third-order valence-corrected chi connectivity index (χ3v) is 2.85. The standard InChI is InChI=1S/C11H17N3O/c15-10-3-2-9(6-10)7-12-8-11-13-4-1-5-14-11/h1,4-5,9-10,12,15H,2-3,6-8H2. The summed E-state index contributed by atoms with van der Waals surface area (Å²) in [5.41, 5.74) is 0. The number of nitrogens with zero attached hydrogens (tertiary/aromatic N) is 2. The van der Waals surface area contributed by atoms with Crippen LogP contribution in [0.2, 0.25) is 0 Å². The molecule has 15 heavy (non-hydrogen) atoms. The summed E-state index contributed by atoms with van der Waals surface area (Å²) in [6.45, 7) is 1.67. The summed E-state index contributed by atoms with van der Waals surface area (Å²) in [6, 6.07) is 1.82. The van der Waals surface area contributed by atoms with Crippen LogP contribution in [0.4, 0.5) is 0 Å². The van der Waals surface area contributed by atoms with E-state index >= 15 is 0 Å². The van der Waals surface area contributed by atoms with Crippen molar-refractivity contribution in [2.45, 2.75) is 31.9 Å². The first-order valence-corrected chi connectivity index (χ1v) is 5.49. The van der Waals surface area contributed by atoms with Gasteiger partial charge in [0.2, 0.25) is 0 Å². The van der Waals surface area contributed by atoms with Crippen LogP contribution < -0.4 is 5.32 Å². The minimum Gasteiger partial charge on any atom is -0.393 e. The van der Waals surface area contributed by atoms with Crippen LogP contribution >= 0.6 is 0 Å². The molecule has 2 unspecified atom stereocenters. The molecule has 0 spiro atoms. The Morgan fingerprint density at radius 3 is 2.80 bits per heavy atom. The lowest BCUT2D eigenvalue weighted by Gasteiger charge is -2.09. The number of rotatable bonds is 4. The molecule has 4 nitrogen and oxygen atoms in total. The van der Waals surface area contributed by atoms with E-state index in [9.17, 15) is 5.11 Å². The van der Waals surface area contributed by atoms with Crippen LogP contribution in [0.5, 0.6) is 0 Å². The van der Waals surface area contributed by atoms with E-state index in [2.05, 4.69) is 15.3 Å². The molecule has 1 fully saturated rings. The van der Waals surface area contributed by atoms with Crippen molar-refractivity contribution in [2.24, 2.45) is 5.92 Å². The van der Waals surface area contributed by atoms with Crippen LogP contribution in [0.15, 0.2) is 18.5 Å². The average molecular weight is 207 g/mol. The van der Waals surface area contributed by atoms with Crippen molar-refractivity contribution in [3.8, 4) is 0 Å². The van der Waals surface area contributed by atoms with E-state index in [-0.39, 0.29) is 6.10 Å². The molecule has 2 atom stereocenters. The van der Waals surface area contributed by atoms with E-state index in [0.717, 1.165) is 31.6 Å². The van der Waals surface area contributed by atoms with Crippen LogP contribution in [-0.4, -0.2) is 27.7 Å². The number of hydrogen-bond donors (Lipinski definition) is 2. The highest BCUT2D eigenvalue weighted by Crippen LogP contribution is 2.24. The number of nitrogens with one attached hydrogen (secondary N) is 1. The molecule has 82 valence electrons. The SMILES string of the molecule is OC1CCC(CNCc2ncccn2)C1. The lowest BCUT2D eigenvalue weighted by molar-refractivity contribution is 0.177. The molecule has 0 radical (unpaired) electrons. The Kier molecular flexibility index (Phi) is 3.64. The second kappa shape index (κ2) is 5.19. The zero-order chi connectivity index (χ0) is 10.5.